The van der Waals surface area contributed by atoms with Crippen molar-refractivity contribution in [2.24, 2.45) is 0 Å². The van der Waals surface area contributed by atoms with Crippen LogP contribution < -0.4 is 0 Å². The van der Waals surface area contributed by atoms with Crippen LogP contribution in [-0.2, 0) is 0 Å². The second kappa shape index (κ2) is 4.23. The van der Waals surface area contributed by atoms with Crippen molar-refractivity contribution >= 4 is 28.8 Å². The molecule has 18 heavy (non-hydrogen) atoms. The molecule has 3 aromatic rings. The molecular weight excluding hydrogens is 276 g/mol. The molecule has 0 spiro atoms. The quantitative estimate of drug-likeness (QED) is 0.635. The van der Waals surface area contributed by atoms with E-state index < -0.39 is 0 Å². The van der Waals surface area contributed by atoms with E-state index in [-0.39, 0.29) is 11.0 Å². The van der Waals surface area contributed by atoms with Crippen molar-refractivity contribution in [1.82, 2.24) is 14.6 Å². The number of nitrogens with zero attached hydrogens (tertiary/aromatic N) is 3. The van der Waals surface area contributed by atoms with E-state index in [1.165, 1.54) is 22.7 Å². The third-order valence-corrected chi connectivity index (χ3v) is 2.94. The Kier molecular flexibility index (Phi) is 2.69. The van der Waals surface area contributed by atoms with E-state index in [4.69, 9.17) is 23.2 Å². The van der Waals surface area contributed by atoms with Crippen LogP contribution in [-0.4, -0.2) is 14.6 Å². The van der Waals surface area contributed by atoms with Crippen LogP contribution in [0.15, 0.2) is 36.4 Å². The number of halogens is 3. The van der Waals surface area contributed by atoms with E-state index >= 15 is 0 Å². The van der Waals surface area contributed by atoms with Crippen LogP contribution in [0.1, 0.15) is 0 Å². The third kappa shape index (κ3) is 1.94. The first-order chi connectivity index (χ1) is 8.63. The SMILES string of the molecule is Fc1cccc(-c2cc3nc(Cl)cc(Cl)n3n2)c1. The van der Waals surface area contributed by atoms with Gasteiger partial charge >= 0.3 is 0 Å². The smallest absolute Gasteiger partial charge is 0.159 e. The summed E-state index contributed by atoms with van der Waals surface area (Å²) < 4.78 is 14.6. The zero-order chi connectivity index (χ0) is 12.7. The van der Waals surface area contributed by atoms with E-state index in [0.29, 0.717) is 22.1 Å². The van der Waals surface area contributed by atoms with Gasteiger partial charge in [-0.1, -0.05) is 35.3 Å². The van der Waals surface area contributed by atoms with Crippen molar-refractivity contribution in [1.29, 1.82) is 0 Å². The van der Waals surface area contributed by atoms with Gasteiger partial charge in [0.15, 0.2) is 5.65 Å². The maximum atomic E-state index is 13.2. The van der Waals surface area contributed by atoms with Crippen LogP contribution in [0.4, 0.5) is 4.39 Å². The predicted octanol–water partition coefficient (Wildman–Crippen LogP) is 3.84. The molecule has 0 aliphatic heterocycles. The summed E-state index contributed by atoms with van der Waals surface area (Å²) in [4.78, 5) is 4.09. The second-order valence-electron chi connectivity index (χ2n) is 3.71. The molecule has 0 aliphatic rings. The molecule has 0 atom stereocenters. The fourth-order valence-electron chi connectivity index (χ4n) is 1.70. The molecule has 6 heteroatoms. The highest BCUT2D eigenvalue weighted by molar-refractivity contribution is 6.33. The minimum absolute atomic E-state index is 0.290. The van der Waals surface area contributed by atoms with Crippen LogP contribution in [0.25, 0.3) is 16.9 Å². The van der Waals surface area contributed by atoms with Gasteiger partial charge in [-0.05, 0) is 12.1 Å². The maximum absolute atomic E-state index is 13.2. The minimum Gasteiger partial charge on any atom is -0.217 e. The third-order valence-electron chi connectivity index (χ3n) is 2.47. The molecule has 3 nitrogen and oxygen atoms in total. The Bertz CT molecular complexity index is 739. The fourth-order valence-corrected chi connectivity index (χ4v) is 2.17. The van der Waals surface area contributed by atoms with Gasteiger partial charge in [0.25, 0.3) is 0 Å². The summed E-state index contributed by atoms with van der Waals surface area (Å²) in [5, 5.41) is 4.91. The summed E-state index contributed by atoms with van der Waals surface area (Å²) in [5.41, 5.74) is 1.77. The average molecular weight is 282 g/mol. The Morgan fingerprint density at radius 2 is 1.94 bits per heavy atom. The van der Waals surface area contributed by atoms with E-state index in [1.54, 1.807) is 18.2 Å². The van der Waals surface area contributed by atoms with Crippen molar-refractivity contribution in [3.63, 3.8) is 0 Å². The number of hydrogen-bond donors (Lipinski definition) is 0. The summed E-state index contributed by atoms with van der Waals surface area (Å²) in [6.45, 7) is 0. The van der Waals surface area contributed by atoms with Gasteiger partial charge in [0.05, 0.1) is 5.69 Å². The van der Waals surface area contributed by atoms with Gasteiger partial charge in [0.1, 0.15) is 16.1 Å². The maximum Gasteiger partial charge on any atom is 0.159 e. The molecule has 1 aromatic carbocycles. The summed E-state index contributed by atoms with van der Waals surface area (Å²) in [5.74, 6) is -0.318. The predicted molar refractivity (Wildman–Crippen MR) is 68.4 cm³/mol. The standard InChI is InChI=1S/C12H6Cl2FN3/c13-10-6-11(14)18-12(16-10)5-9(17-18)7-2-1-3-8(15)4-7/h1-6H. The highest BCUT2D eigenvalue weighted by atomic mass is 35.5. The van der Waals surface area contributed by atoms with Crippen LogP contribution in [0.5, 0.6) is 0 Å². The van der Waals surface area contributed by atoms with Gasteiger partial charge in [-0.2, -0.15) is 5.10 Å². The molecule has 3 rings (SSSR count). The normalized spacial score (nSPS) is 11.1. The van der Waals surface area contributed by atoms with Crippen molar-refractivity contribution in [2.75, 3.05) is 0 Å². The fraction of sp³-hybridized carbons (Fsp3) is 0. The first-order valence-corrected chi connectivity index (χ1v) is 5.87. The van der Waals surface area contributed by atoms with Gasteiger partial charge in [-0.3, -0.25) is 0 Å². The molecule has 0 radical (unpaired) electrons. The highest BCUT2D eigenvalue weighted by Crippen LogP contribution is 2.23. The topological polar surface area (TPSA) is 30.2 Å². The lowest BCUT2D eigenvalue weighted by molar-refractivity contribution is 0.628. The molecule has 0 fully saturated rings. The van der Waals surface area contributed by atoms with Crippen molar-refractivity contribution in [2.45, 2.75) is 0 Å². The highest BCUT2D eigenvalue weighted by Gasteiger charge is 2.09. The largest absolute Gasteiger partial charge is 0.217 e. The molecule has 0 unspecified atom stereocenters. The lowest BCUT2D eigenvalue weighted by Crippen LogP contribution is -1.92. The lowest BCUT2D eigenvalue weighted by Gasteiger charge is -1.96. The van der Waals surface area contributed by atoms with Crippen LogP contribution in [0, 0.1) is 5.82 Å². The van der Waals surface area contributed by atoms with Crippen molar-refractivity contribution < 1.29 is 4.39 Å². The van der Waals surface area contributed by atoms with Gasteiger partial charge in [-0.15, -0.1) is 0 Å². The summed E-state index contributed by atoms with van der Waals surface area (Å²) in [7, 11) is 0. The monoisotopic (exact) mass is 281 g/mol. The first kappa shape index (κ1) is 11.4. The molecule has 0 saturated heterocycles. The Hall–Kier alpha value is -1.65. The zero-order valence-corrected chi connectivity index (χ0v) is 10.5. The molecular formula is C12H6Cl2FN3. The van der Waals surface area contributed by atoms with E-state index in [9.17, 15) is 4.39 Å². The average Bonchev–Trinajstić information content (AvgIpc) is 2.73. The van der Waals surface area contributed by atoms with Crippen molar-refractivity contribution in [3.8, 4) is 11.3 Å². The number of hydrogen-bond acceptors (Lipinski definition) is 2. The van der Waals surface area contributed by atoms with E-state index in [1.807, 2.05) is 0 Å². The van der Waals surface area contributed by atoms with E-state index in [0.717, 1.165) is 0 Å². The number of fused-ring (bicyclic) bond motifs is 1. The second-order valence-corrected chi connectivity index (χ2v) is 4.49. The van der Waals surface area contributed by atoms with Crippen LogP contribution in [0.3, 0.4) is 0 Å². The molecule has 2 heterocycles. The Labute approximate surface area is 112 Å². The molecule has 0 saturated carbocycles. The molecule has 0 N–H and O–H groups in total. The van der Waals surface area contributed by atoms with Crippen molar-refractivity contribution in [3.05, 3.63) is 52.5 Å². The zero-order valence-electron chi connectivity index (χ0n) is 8.94. The minimum atomic E-state index is -0.318. The Balaban J connectivity index is 2.22. The molecule has 90 valence electrons. The molecule has 0 bridgehead atoms. The van der Waals surface area contributed by atoms with Gasteiger partial charge in [-0.25, -0.2) is 13.9 Å². The molecule has 0 aliphatic carbocycles. The van der Waals surface area contributed by atoms with Crippen LogP contribution in [0.2, 0.25) is 10.3 Å². The molecule has 0 amide bonds. The number of benzene rings is 1. The summed E-state index contributed by atoms with van der Waals surface area (Å²) in [6.07, 6.45) is 0. The van der Waals surface area contributed by atoms with E-state index in [2.05, 4.69) is 10.1 Å². The Morgan fingerprint density at radius 3 is 2.72 bits per heavy atom. The number of aromatic nitrogens is 3. The van der Waals surface area contributed by atoms with Gasteiger partial charge in [0, 0.05) is 17.7 Å². The first-order valence-electron chi connectivity index (χ1n) is 5.11. The van der Waals surface area contributed by atoms with Crippen LogP contribution >= 0.6 is 23.2 Å². The van der Waals surface area contributed by atoms with Gasteiger partial charge in [0.2, 0.25) is 0 Å². The van der Waals surface area contributed by atoms with Gasteiger partial charge < -0.3 is 0 Å². The Morgan fingerprint density at radius 1 is 1.11 bits per heavy atom. The summed E-state index contributed by atoms with van der Waals surface area (Å²) >= 11 is 11.8. The number of rotatable bonds is 1. The lowest BCUT2D eigenvalue weighted by atomic mass is 10.1. The summed E-state index contributed by atoms with van der Waals surface area (Å²) in [6, 6.07) is 9.36. The molecule has 2 aromatic heterocycles.